The summed E-state index contributed by atoms with van der Waals surface area (Å²) in [6.45, 7) is 3.86. The first-order valence-electron chi connectivity index (χ1n) is 9.15. The minimum Gasteiger partial charge on any atom is -0.368 e. The number of amides is 2. The number of guanidine groups is 1. The fourth-order valence-corrected chi connectivity index (χ4v) is 2.65. The number of carbonyl (C=O) groups is 2. The zero-order valence-electron chi connectivity index (χ0n) is 17.0. The second kappa shape index (κ2) is 12.1. The summed E-state index contributed by atoms with van der Waals surface area (Å²) in [7, 11) is 4.02. The largest absolute Gasteiger partial charge is 0.368 e. The predicted molar refractivity (Wildman–Crippen MR) is 125 cm³/mol. The molecule has 0 aliphatic rings. The molecular weight excluding hydrogens is 483 g/mol. The number of hydrogen-bond donors (Lipinski definition) is 3. The van der Waals surface area contributed by atoms with Crippen LogP contribution in [0.25, 0.3) is 0 Å². The van der Waals surface area contributed by atoms with Crippen molar-refractivity contribution < 1.29 is 9.59 Å². The van der Waals surface area contributed by atoms with Crippen molar-refractivity contribution in [1.29, 1.82) is 0 Å². The van der Waals surface area contributed by atoms with E-state index in [1.165, 1.54) is 5.69 Å². The van der Waals surface area contributed by atoms with Crippen LogP contribution in [-0.2, 0) is 24.9 Å². The van der Waals surface area contributed by atoms with Gasteiger partial charge in [0.05, 0.1) is 19.6 Å². The van der Waals surface area contributed by atoms with Crippen LogP contribution in [0.4, 0.5) is 0 Å². The predicted octanol–water partition coefficient (Wildman–Crippen LogP) is 1.46. The van der Waals surface area contributed by atoms with Crippen LogP contribution in [0.1, 0.15) is 28.5 Å². The fraction of sp³-hybridized carbons (Fsp3) is 0.350. The number of aromatic nitrogens is 1. The van der Waals surface area contributed by atoms with Crippen LogP contribution in [0.2, 0.25) is 0 Å². The first-order valence-corrected chi connectivity index (χ1v) is 9.15. The third-order valence-electron chi connectivity index (χ3n) is 4.20. The van der Waals surface area contributed by atoms with E-state index in [0.29, 0.717) is 12.1 Å². The second-order valence-corrected chi connectivity index (χ2v) is 6.48. The molecule has 0 saturated heterocycles. The average molecular weight is 512 g/mol. The lowest BCUT2D eigenvalue weighted by molar-refractivity contribution is -0.117. The maximum Gasteiger partial charge on any atom is 0.251 e. The zero-order chi connectivity index (χ0) is 20.5. The van der Waals surface area contributed by atoms with Gasteiger partial charge in [-0.3, -0.25) is 9.59 Å². The van der Waals surface area contributed by atoms with E-state index >= 15 is 0 Å². The summed E-state index contributed by atoms with van der Waals surface area (Å²) in [5.74, 6) is -0.0915. The summed E-state index contributed by atoms with van der Waals surface area (Å²) < 4.78 is 2.09. The molecule has 0 unspecified atom stereocenters. The van der Waals surface area contributed by atoms with Crippen LogP contribution < -0.4 is 16.4 Å². The lowest BCUT2D eigenvalue weighted by Crippen LogP contribution is -2.38. The SMILES string of the molecule is CCNC(=NCc1ccc(C(=O)NCC(N)=O)cc1)N(C)Cc1cccn1C.I. The summed E-state index contributed by atoms with van der Waals surface area (Å²) in [4.78, 5) is 29.4. The molecule has 4 N–H and O–H groups in total. The number of nitrogens with one attached hydrogen (secondary N) is 2. The second-order valence-electron chi connectivity index (χ2n) is 6.48. The fourth-order valence-electron chi connectivity index (χ4n) is 2.65. The number of benzene rings is 1. The van der Waals surface area contributed by atoms with E-state index in [0.717, 1.165) is 24.6 Å². The summed E-state index contributed by atoms with van der Waals surface area (Å²) in [6, 6.07) is 11.2. The van der Waals surface area contributed by atoms with Crippen LogP contribution in [0.5, 0.6) is 0 Å². The van der Waals surface area contributed by atoms with E-state index in [-0.39, 0.29) is 36.4 Å². The highest BCUT2D eigenvalue weighted by Crippen LogP contribution is 2.08. The highest BCUT2D eigenvalue weighted by atomic mass is 127. The van der Waals surface area contributed by atoms with Crippen molar-refractivity contribution in [3.63, 3.8) is 0 Å². The van der Waals surface area contributed by atoms with Crippen LogP contribution in [0.15, 0.2) is 47.6 Å². The topological polar surface area (TPSA) is 105 Å². The van der Waals surface area contributed by atoms with E-state index in [1.807, 2.05) is 45.4 Å². The molecule has 0 fully saturated rings. The molecule has 2 amide bonds. The molecule has 9 heteroatoms. The number of nitrogens with two attached hydrogens (primary N) is 1. The third kappa shape index (κ3) is 7.76. The molecule has 0 radical (unpaired) electrons. The Morgan fingerprint density at radius 1 is 1.17 bits per heavy atom. The van der Waals surface area contributed by atoms with E-state index < -0.39 is 5.91 Å². The first kappa shape index (κ1) is 24.5. The molecule has 29 heavy (non-hydrogen) atoms. The lowest BCUT2D eigenvalue weighted by Gasteiger charge is -2.22. The highest BCUT2D eigenvalue weighted by Gasteiger charge is 2.09. The zero-order valence-corrected chi connectivity index (χ0v) is 19.3. The van der Waals surface area contributed by atoms with E-state index in [9.17, 15) is 9.59 Å². The lowest BCUT2D eigenvalue weighted by atomic mass is 10.1. The molecule has 1 aromatic carbocycles. The van der Waals surface area contributed by atoms with Gasteiger partial charge < -0.3 is 25.8 Å². The molecule has 0 aliphatic heterocycles. The normalized spacial score (nSPS) is 10.8. The maximum absolute atomic E-state index is 11.9. The number of rotatable bonds is 8. The van der Waals surface area contributed by atoms with Gasteiger partial charge in [-0.1, -0.05) is 12.1 Å². The van der Waals surface area contributed by atoms with E-state index in [4.69, 9.17) is 5.73 Å². The van der Waals surface area contributed by atoms with Crippen LogP contribution >= 0.6 is 24.0 Å². The molecule has 0 saturated carbocycles. The highest BCUT2D eigenvalue weighted by molar-refractivity contribution is 14.0. The Bertz CT molecular complexity index is 832. The van der Waals surface area contributed by atoms with Crippen molar-refractivity contribution in [2.75, 3.05) is 20.1 Å². The number of aliphatic imine (C=N–C) groups is 1. The Balaban J connectivity index is 0.00000420. The van der Waals surface area contributed by atoms with Gasteiger partial charge in [0.25, 0.3) is 5.91 Å². The maximum atomic E-state index is 11.9. The molecule has 2 rings (SSSR count). The average Bonchev–Trinajstić information content (AvgIpc) is 3.08. The summed E-state index contributed by atoms with van der Waals surface area (Å²) in [6.07, 6.45) is 2.02. The summed E-state index contributed by atoms with van der Waals surface area (Å²) >= 11 is 0. The van der Waals surface area contributed by atoms with E-state index in [2.05, 4.69) is 31.2 Å². The quantitative estimate of drug-likeness (QED) is 0.283. The number of nitrogens with zero attached hydrogens (tertiary/aromatic N) is 3. The molecule has 0 aliphatic carbocycles. The van der Waals surface area contributed by atoms with Crippen molar-refractivity contribution in [2.45, 2.75) is 20.0 Å². The van der Waals surface area contributed by atoms with Crippen LogP contribution in [0, 0.1) is 0 Å². The van der Waals surface area contributed by atoms with Gasteiger partial charge >= 0.3 is 0 Å². The molecule has 1 heterocycles. The van der Waals surface area contributed by atoms with Gasteiger partial charge in [0.15, 0.2) is 5.96 Å². The molecule has 0 atom stereocenters. The third-order valence-corrected chi connectivity index (χ3v) is 4.20. The number of carbonyl (C=O) groups excluding carboxylic acids is 2. The van der Waals surface area contributed by atoms with Gasteiger partial charge in [-0.25, -0.2) is 4.99 Å². The number of aryl methyl sites for hydroxylation is 1. The van der Waals surface area contributed by atoms with Gasteiger partial charge in [0, 0.05) is 38.1 Å². The van der Waals surface area contributed by atoms with Gasteiger partial charge in [0.1, 0.15) is 0 Å². The molecular formula is C20H29IN6O2. The monoisotopic (exact) mass is 512 g/mol. The smallest absolute Gasteiger partial charge is 0.251 e. The number of primary amides is 1. The van der Waals surface area contributed by atoms with Crippen LogP contribution in [-0.4, -0.2) is 47.4 Å². The van der Waals surface area contributed by atoms with Gasteiger partial charge in [-0.2, -0.15) is 0 Å². The van der Waals surface area contributed by atoms with Crippen molar-refractivity contribution >= 4 is 41.8 Å². The Morgan fingerprint density at radius 2 is 1.86 bits per heavy atom. The van der Waals surface area contributed by atoms with Crippen molar-refractivity contribution in [1.82, 2.24) is 20.1 Å². The minimum atomic E-state index is -0.574. The van der Waals surface area contributed by atoms with Gasteiger partial charge in [-0.15, -0.1) is 24.0 Å². The summed E-state index contributed by atoms with van der Waals surface area (Å²) in [5, 5.41) is 5.77. The molecule has 2 aromatic rings. The molecule has 8 nitrogen and oxygen atoms in total. The molecule has 0 bridgehead atoms. The standard InChI is InChI=1S/C20H28N6O2.HI/c1-4-22-20(26(3)14-17-6-5-11-25(17)2)24-12-15-7-9-16(10-8-15)19(28)23-13-18(21)27;/h5-11H,4,12-14H2,1-3H3,(H2,21,27)(H,22,24)(H,23,28);1H. The van der Waals surface area contributed by atoms with Gasteiger partial charge in [-0.05, 0) is 36.8 Å². The molecule has 158 valence electrons. The molecule has 1 aromatic heterocycles. The minimum absolute atomic E-state index is 0. The van der Waals surface area contributed by atoms with Crippen molar-refractivity contribution in [3.8, 4) is 0 Å². The molecule has 0 spiro atoms. The van der Waals surface area contributed by atoms with Crippen molar-refractivity contribution in [3.05, 3.63) is 59.4 Å². The Kier molecular flexibility index (Phi) is 10.2. The van der Waals surface area contributed by atoms with E-state index in [1.54, 1.807) is 12.1 Å². The summed E-state index contributed by atoms with van der Waals surface area (Å²) in [5.41, 5.74) is 7.68. The van der Waals surface area contributed by atoms with Gasteiger partial charge in [0.2, 0.25) is 5.91 Å². The van der Waals surface area contributed by atoms with Crippen molar-refractivity contribution in [2.24, 2.45) is 17.8 Å². The van der Waals surface area contributed by atoms with Crippen LogP contribution in [0.3, 0.4) is 0 Å². The Labute approximate surface area is 188 Å². The number of hydrogen-bond acceptors (Lipinski definition) is 3. The Morgan fingerprint density at radius 3 is 2.41 bits per heavy atom. The first-order chi connectivity index (χ1) is 13.4. The Hall–Kier alpha value is -2.56. The number of halogens is 1.